The van der Waals surface area contributed by atoms with E-state index in [1.807, 2.05) is 0 Å². The number of nitrogens with two attached hydrogens (primary N) is 1. The second kappa shape index (κ2) is 7.33. The van der Waals surface area contributed by atoms with Crippen LogP contribution in [0, 0.1) is 12.7 Å². The summed E-state index contributed by atoms with van der Waals surface area (Å²) >= 11 is 5.76. The molecular weight excluding hydrogens is 309 g/mol. The number of benzene rings is 1. The smallest absolute Gasteiger partial charge is 0.273 e. The lowest BCUT2D eigenvalue weighted by Gasteiger charge is -2.05. The molecule has 8 heteroatoms. The average molecular weight is 326 g/mol. The summed E-state index contributed by atoms with van der Waals surface area (Å²) in [5.41, 5.74) is 6.72. The van der Waals surface area contributed by atoms with Gasteiger partial charge in [0.25, 0.3) is 5.91 Å². The van der Waals surface area contributed by atoms with E-state index in [1.54, 1.807) is 6.92 Å². The summed E-state index contributed by atoms with van der Waals surface area (Å²) in [6, 6.07) is 4.19. The fraction of sp³-hybridized carbons (Fsp3) is 0.357. The van der Waals surface area contributed by atoms with Crippen LogP contribution in [0.25, 0.3) is 5.69 Å². The fourth-order valence-electron chi connectivity index (χ4n) is 1.96. The van der Waals surface area contributed by atoms with Crippen molar-refractivity contribution in [2.75, 3.05) is 13.1 Å². The molecule has 1 amide bonds. The zero-order chi connectivity index (χ0) is 16.1. The first-order chi connectivity index (χ1) is 10.5. The molecule has 0 aliphatic heterocycles. The molecule has 0 aliphatic rings. The topological polar surface area (TPSA) is 85.8 Å². The van der Waals surface area contributed by atoms with Gasteiger partial charge in [-0.2, -0.15) is 0 Å². The van der Waals surface area contributed by atoms with E-state index in [0.29, 0.717) is 24.5 Å². The molecule has 3 N–H and O–H groups in total. The molecule has 2 rings (SSSR count). The third-order valence-electron chi connectivity index (χ3n) is 3.17. The van der Waals surface area contributed by atoms with Crippen molar-refractivity contribution in [1.29, 1.82) is 0 Å². The zero-order valence-electron chi connectivity index (χ0n) is 12.1. The van der Waals surface area contributed by atoms with E-state index < -0.39 is 5.82 Å². The minimum atomic E-state index is -0.513. The average Bonchev–Trinajstić information content (AvgIpc) is 2.88. The Kier molecular flexibility index (Phi) is 5.46. The summed E-state index contributed by atoms with van der Waals surface area (Å²) in [5, 5.41) is 10.6. The molecule has 0 saturated heterocycles. The fourth-order valence-corrected chi connectivity index (χ4v) is 2.13. The Morgan fingerprint density at radius 2 is 2.23 bits per heavy atom. The van der Waals surface area contributed by atoms with Crippen LogP contribution < -0.4 is 11.1 Å². The zero-order valence-corrected chi connectivity index (χ0v) is 12.9. The molecule has 0 atom stereocenters. The highest BCUT2D eigenvalue weighted by Crippen LogP contribution is 2.20. The number of hydrogen-bond acceptors (Lipinski definition) is 4. The molecule has 1 heterocycles. The molecule has 0 bridgehead atoms. The van der Waals surface area contributed by atoms with Gasteiger partial charge < -0.3 is 11.1 Å². The van der Waals surface area contributed by atoms with E-state index >= 15 is 0 Å². The van der Waals surface area contributed by atoms with Gasteiger partial charge in [0.2, 0.25) is 0 Å². The van der Waals surface area contributed by atoms with Crippen molar-refractivity contribution in [2.24, 2.45) is 5.73 Å². The molecule has 0 fully saturated rings. The molecule has 0 saturated carbocycles. The monoisotopic (exact) mass is 325 g/mol. The maximum atomic E-state index is 13.2. The van der Waals surface area contributed by atoms with Gasteiger partial charge in [0.05, 0.1) is 16.4 Å². The van der Waals surface area contributed by atoms with Crippen LogP contribution in [0.4, 0.5) is 4.39 Å². The van der Waals surface area contributed by atoms with Crippen LogP contribution in [-0.2, 0) is 0 Å². The van der Waals surface area contributed by atoms with Crippen LogP contribution in [0.3, 0.4) is 0 Å². The summed E-state index contributed by atoms with van der Waals surface area (Å²) in [6.45, 7) is 2.84. The molecule has 0 aliphatic carbocycles. The van der Waals surface area contributed by atoms with Crippen LogP contribution >= 0.6 is 11.6 Å². The maximum Gasteiger partial charge on any atom is 0.273 e. The minimum Gasteiger partial charge on any atom is -0.351 e. The molecule has 1 aromatic heterocycles. The summed E-state index contributed by atoms with van der Waals surface area (Å²) in [6.07, 6.45) is 1.66. The van der Waals surface area contributed by atoms with Crippen LogP contribution in [0.1, 0.15) is 29.0 Å². The van der Waals surface area contributed by atoms with E-state index in [1.165, 1.54) is 22.9 Å². The van der Waals surface area contributed by atoms with Crippen molar-refractivity contribution in [3.63, 3.8) is 0 Å². The Morgan fingerprint density at radius 3 is 2.91 bits per heavy atom. The lowest BCUT2D eigenvalue weighted by molar-refractivity contribution is 0.0947. The van der Waals surface area contributed by atoms with Crippen LogP contribution in [0.15, 0.2) is 18.2 Å². The number of aromatic nitrogens is 3. The predicted octanol–water partition coefficient (Wildman–Crippen LogP) is 1.84. The van der Waals surface area contributed by atoms with Crippen LogP contribution in [0.5, 0.6) is 0 Å². The predicted molar refractivity (Wildman–Crippen MR) is 81.7 cm³/mol. The normalized spacial score (nSPS) is 10.7. The van der Waals surface area contributed by atoms with Gasteiger partial charge in [-0.05, 0) is 44.5 Å². The number of amides is 1. The Morgan fingerprint density at radius 1 is 1.45 bits per heavy atom. The van der Waals surface area contributed by atoms with E-state index in [-0.39, 0.29) is 16.6 Å². The first-order valence-corrected chi connectivity index (χ1v) is 7.28. The highest BCUT2D eigenvalue weighted by Gasteiger charge is 2.17. The molecule has 1 aromatic carbocycles. The number of carbonyl (C=O) groups is 1. The second-order valence-electron chi connectivity index (χ2n) is 4.79. The van der Waals surface area contributed by atoms with Crippen molar-refractivity contribution >= 4 is 17.5 Å². The van der Waals surface area contributed by atoms with E-state index in [0.717, 1.165) is 12.8 Å². The molecule has 118 valence electrons. The highest BCUT2D eigenvalue weighted by atomic mass is 35.5. The lowest BCUT2D eigenvalue weighted by atomic mass is 10.2. The first-order valence-electron chi connectivity index (χ1n) is 6.90. The lowest BCUT2D eigenvalue weighted by Crippen LogP contribution is -2.26. The van der Waals surface area contributed by atoms with Gasteiger partial charge in [0.1, 0.15) is 5.82 Å². The number of nitrogens with zero attached hydrogens (tertiary/aromatic N) is 3. The van der Waals surface area contributed by atoms with Gasteiger partial charge >= 0.3 is 0 Å². The molecule has 2 aromatic rings. The molecule has 0 radical (unpaired) electrons. The third-order valence-corrected chi connectivity index (χ3v) is 3.46. The molecule has 0 unspecified atom stereocenters. The Bertz CT molecular complexity index is 673. The van der Waals surface area contributed by atoms with Gasteiger partial charge in [0.15, 0.2) is 5.69 Å². The Labute approximate surface area is 132 Å². The third kappa shape index (κ3) is 3.61. The SMILES string of the molecule is Cc1c(C(=O)NCCCCN)nnn1-c1ccc(F)c(Cl)c1. The summed E-state index contributed by atoms with van der Waals surface area (Å²) < 4.78 is 14.6. The number of unbranched alkanes of at least 4 members (excludes halogenated alkanes) is 1. The molecular formula is C14H17ClFN5O. The van der Waals surface area contributed by atoms with Gasteiger partial charge in [-0.15, -0.1) is 5.10 Å². The van der Waals surface area contributed by atoms with Gasteiger partial charge in [-0.3, -0.25) is 4.79 Å². The highest BCUT2D eigenvalue weighted by molar-refractivity contribution is 6.30. The minimum absolute atomic E-state index is 0.0137. The van der Waals surface area contributed by atoms with Crippen molar-refractivity contribution in [3.8, 4) is 5.69 Å². The quantitative estimate of drug-likeness (QED) is 0.793. The number of hydrogen-bond donors (Lipinski definition) is 2. The van der Waals surface area contributed by atoms with Gasteiger partial charge in [0, 0.05) is 6.54 Å². The van der Waals surface area contributed by atoms with Crippen molar-refractivity contribution in [2.45, 2.75) is 19.8 Å². The standard InChI is InChI=1S/C14H17ClFN5O/c1-9-13(14(22)18-7-3-2-6-17)19-20-21(9)10-4-5-12(16)11(15)8-10/h4-5,8H,2-3,6-7,17H2,1H3,(H,18,22). The van der Waals surface area contributed by atoms with Crippen molar-refractivity contribution in [3.05, 3.63) is 40.4 Å². The molecule has 6 nitrogen and oxygen atoms in total. The Balaban J connectivity index is 2.15. The molecule has 0 spiro atoms. The first kappa shape index (κ1) is 16.4. The van der Waals surface area contributed by atoms with Crippen LogP contribution in [-0.4, -0.2) is 34.0 Å². The number of rotatable bonds is 6. The summed E-state index contributed by atoms with van der Waals surface area (Å²) in [4.78, 5) is 12.1. The Hall–Kier alpha value is -1.99. The van der Waals surface area contributed by atoms with E-state index in [9.17, 15) is 9.18 Å². The van der Waals surface area contributed by atoms with Gasteiger partial charge in [-0.25, -0.2) is 9.07 Å². The number of nitrogens with one attached hydrogen (secondary N) is 1. The maximum absolute atomic E-state index is 13.2. The summed E-state index contributed by atoms with van der Waals surface area (Å²) in [5.74, 6) is -0.810. The molecule has 22 heavy (non-hydrogen) atoms. The number of carbonyl (C=O) groups excluding carboxylic acids is 1. The van der Waals surface area contributed by atoms with Crippen LogP contribution in [0.2, 0.25) is 5.02 Å². The van der Waals surface area contributed by atoms with Crippen molar-refractivity contribution < 1.29 is 9.18 Å². The van der Waals surface area contributed by atoms with E-state index in [4.69, 9.17) is 17.3 Å². The van der Waals surface area contributed by atoms with Gasteiger partial charge in [-0.1, -0.05) is 16.8 Å². The van der Waals surface area contributed by atoms with Crippen molar-refractivity contribution in [1.82, 2.24) is 20.3 Å². The van der Waals surface area contributed by atoms with E-state index in [2.05, 4.69) is 15.6 Å². The number of halogens is 2. The largest absolute Gasteiger partial charge is 0.351 e. The summed E-state index contributed by atoms with van der Waals surface area (Å²) in [7, 11) is 0. The second-order valence-corrected chi connectivity index (χ2v) is 5.19.